The standard InChI is InChI=1S/C16H23Cl2FN2/c1-12(13-10-16(19)15(18)11-14(13)17)20-6-9-21-7-4-2-3-5-8-21/h10-12,20H,2-9H2,1H3. The fraction of sp³-hybridized carbons (Fsp3) is 0.625. The minimum Gasteiger partial charge on any atom is -0.309 e. The molecule has 0 bridgehead atoms. The number of benzene rings is 1. The number of rotatable bonds is 5. The molecule has 1 atom stereocenters. The minimum atomic E-state index is -0.419. The van der Waals surface area contributed by atoms with Gasteiger partial charge in [-0.15, -0.1) is 0 Å². The molecule has 0 aliphatic carbocycles. The highest BCUT2D eigenvalue weighted by Crippen LogP contribution is 2.28. The van der Waals surface area contributed by atoms with Crippen LogP contribution in [0.1, 0.15) is 44.2 Å². The number of nitrogens with zero attached hydrogens (tertiary/aromatic N) is 1. The fourth-order valence-electron chi connectivity index (χ4n) is 2.78. The summed E-state index contributed by atoms with van der Waals surface area (Å²) in [6, 6.07) is 2.91. The van der Waals surface area contributed by atoms with E-state index in [4.69, 9.17) is 23.2 Å². The second-order valence-electron chi connectivity index (χ2n) is 5.72. The normalized spacial score (nSPS) is 18.5. The van der Waals surface area contributed by atoms with E-state index in [1.165, 1.54) is 50.9 Å². The van der Waals surface area contributed by atoms with Gasteiger partial charge in [0.25, 0.3) is 0 Å². The van der Waals surface area contributed by atoms with Gasteiger partial charge in [-0.25, -0.2) is 4.39 Å². The molecule has 1 fully saturated rings. The Morgan fingerprint density at radius 2 is 1.81 bits per heavy atom. The van der Waals surface area contributed by atoms with Crippen molar-refractivity contribution in [3.63, 3.8) is 0 Å². The Bertz CT molecular complexity index is 460. The maximum Gasteiger partial charge on any atom is 0.142 e. The van der Waals surface area contributed by atoms with Crippen molar-refractivity contribution in [1.82, 2.24) is 10.2 Å². The van der Waals surface area contributed by atoms with E-state index in [0.717, 1.165) is 18.7 Å². The highest BCUT2D eigenvalue weighted by molar-refractivity contribution is 6.35. The molecule has 1 unspecified atom stereocenters. The molecule has 1 aliphatic heterocycles. The Morgan fingerprint density at radius 1 is 1.14 bits per heavy atom. The van der Waals surface area contributed by atoms with E-state index < -0.39 is 5.82 Å². The first-order valence-electron chi connectivity index (χ1n) is 7.68. The quantitative estimate of drug-likeness (QED) is 0.789. The molecule has 1 aromatic carbocycles. The van der Waals surface area contributed by atoms with E-state index in [-0.39, 0.29) is 11.1 Å². The van der Waals surface area contributed by atoms with Gasteiger partial charge in [0.1, 0.15) is 5.82 Å². The van der Waals surface area contributed by atoms with Crippen LogP contribution < -0.4 is 5.32 Å². The summed E-state index contributed by atoms with van der Waals surface area (Å²) in [4.78, 5) is 2.50. The van der Waals surface area contributed by atoms with Gasteiger partial charge < -0.3 is 10.2 Å². The van der Waals surface area contributed by atoms with Gasteiger partial charge in [0.15, 0.2) is 0 Å². The average molecular weight is 333 g/mol. The van der Waals surface area contributed by atoms with Crippen LogP contribution in [0.3, 0.4) is 0 Å². The monoisotopic (exact) mass is 332 g/mol. The number of hydrogen-bond donors (Lipinski definition) is 1. The Balaban J connectivity index is 1.84. The lowest BCUT2D eigenvalue weighted by Crippen LogP contribution is -2.33. The fourth-order valence-corrected chi connectivity index (χ4v) is 3.33. The highest BCUT2D eigenvalue weighted by atomic mass is 35.5. The number of likely N-dealkylation sites (tertiary alicyclic amines) is 1. The first-order valence-corrected chi connectivity index (χ1v) is 8.43. The van der Waals surface area contributed by atoms with Gasteiger partial charge in [0, 0.05) is 24.2 Å². The molecule has 0 amide bonds. The zero-order chi connectivity index (χ0) is 15.2. The predicted molar refractivity (Wildman–Crippen MR) is 87.7 cm³/mol. The van der Waals surface area contributed by atoms with Crippen molar-refractivity contribution in [3.05, 3.63) is 33.6 Å². The van der Waals surface area contributed by atoms with Crippen LogP contribution in [0.4, 0.5) is 4.39 Å². The van der Waals surface area contributed by atoms with Crippen molar-refractivity contribution in [1.29, 1.82) is 0 Å². The van der Waals surface area contributed by atoms with Gasteiger partial charge in [-0.2, -0.15) is 0 Å². The molecule has 1 aliphatic rings. The number of halogens is 3. The molecule has 118 valence electrons. The van der Waals surface area contributed by atoms with Crippen molar-refractivity contribution < 1.29 is 4.39 Å². The third kappa shape index (κ3) is 5.10. The van der Waals surface area contributed by atoms with E-state index in [0.29, 0.717) is 5.02 Å². The van der Waals surface area contributed by atoms with Crippen LogP contribution in [0, 0.1) is 5.82 Å². The lowest BCUT2D eigenvalue weighted by molar-refractivity contribution is 0.280. The molecule has 1 aromatic rings. The summed E-state index contributed by atoms with van der Waals surface area (Å²) >= 11 is 11.9. The summed E-state index contributed by atoms with van der Waals surface area (Å²) in [5, 5.41) is 4.00. The van der Waals surface area contributed by atoms with Crippen LogP contribution in [0.5, 0.6) is 0 Å². The lowest BCUT2D eigenvalue weighted by Gasteiger charge is -2.22. The Labute approximate surface area is 136 Å². The molecule has 0 aromatic heterocycles. The van der Waals surface area contributed by atoms with Gasteiger partial charge in [-0.1, -0.05) is 36.0 Å². The van der Waals surface area contributed by atoms with Crippen LogP contribution >= 0.6 is 23.2 Å². The van der Waals surface area contributed by atoms with Crippen LogP contribution in [0.15, 0.2) is 12.1 Å². The molecule has 1 N–H and O–H groups in total. The van der Waals surface area contributed by atoms with Crippen molar-refractivity contribution in [2.45, 2.75) is 38.6 Å². The van der Waals surface area contributed by atoms with Crippen molar-refractivity contribution in [2.24, 2.45) is 0 Å². The maximum atomic E-state index is 13.6. The Morgan fingerprint density at radius 3 is 2.48 bits per heavy atom. The topological polar surface area (TPSA) is 15.3 Å². The van der Waals surface area contributed by atoms with Gasteiger partial charge in [-0.3, -0.25) is 0 Å². The van der Waals surface area contributed by atoms with Crippen molar-refractivity contribution >= 4 is 23.2 Å². The molecule has 0 spiro atoms. The molecule has 1 saturated heterocycles. The van der Waals surface area contributed by atoms with Gasteiger partial charge in [0.2, 0.25) is 0 Å². The summed E-state index contributed by atoms with van der Waals surface area (Å²) in [5.41, 5.74) is 0.759. The molecule has 0 saturated carbocycles. The van der Waals surface area contributed by atoms with E-state index in [1.807, 2.05) is 6.92 Å². The summed E-state index contributed by atoms with van der Waals surface area (Å²) in [5.74, 6) is -0.419. The van der Waals surface area contributed by atoms with Crippen LogP contribution in [-0.4, -0.2) is 31.1 Å². The molecular weight excluding hydrogens is 310 g/mol. The number of nitrogens with one attached hydrogen (secondary N) is 1. The van der Waals surface area contributed by atoms with Crippen molar-refractivity contribution in [2.75, 3.05) is 26.2 Å². The zero-order valence-electron chi connectivity index (χ0n) is 12.5. The van der Waals surface area contributed by atoms with E-state index >= 15 is 0 Å². The summed E-state index contributed by atoms with van der Waals surface area (Å²) in [6.07, 6.45) is 5.29. The second kappa shape index (κ2) is 8.33. The maximum absolute atomic E-state index is 13.6. The van der Waals surface area contributed by atoms with E-state index in [9.17, 15) is 4.39 Å². The third-order valence-corrected chi connectivity index (χ3v) is 4.70. The number of hydrogen-bond acceptors (Lipinski definition) is 2. The van der Waals surface area contributed by atoms with E-state index in [1.54, 1.807) is 0 Å². The first-order chi connectivity index (χ1) is 10.1. The predicted octanol–water partition coefficient (Wildman–Crippen LogP) is 4.66. The summed E-state index contributed by atoms with van der Waals surface area (Å²) in [7, 11) is 0. The van der Waals surface area contributed by atoms with Crippen molar-refractivity contribution in [3.8, 4) is 0 Å². The van der Waals surface area contributed by atoms with E-state index in [2.05, 4.69) is 10.2 Å². The Kier molecular flexibility index (Phi) is 6.74. The second-order valence-corrected chi connectivity index (χ2v) is 6.53. The lowest BCUT2D eigenvalue weighted by atomic mass is 10.1. The smallest absolute Gasteiger partial charge is 0.142 e. The molecule has 5 heteroatoms. The van der Waals surface area contributed by atoms with Crippen LogP contribution in [0.2, 0.25) is 10.0 Å². The molecule has 1 heterocycles. The molecule has 21 heavy (non-hydrogen) atoms. The minimum absolute atomic E-state index is 0.0104. The summed E-state index contributed by atoms with van der Waals surface area (Å²) < 4.78 is 13.6. The Hall–Kier alpha value is -0.350. The molecular formula is C16H23Cl2FN2. The molecule has 2 rings (SSSR count). The molecule has 0 radical (unpaired) electrons. The average Bonchev–Trinajstić information content (AvgIpc) is 2.71. The van der Waals surface area contributed by atoms with Gasteiger partial charge in [-0.05, 0) is 50.6 Å². The highest BCUT2D eigenvalue weighted by Gasteiger charge is 2.14. The summed E-state index contributed by atoms with van der Waals surface area (Å²) in [6.45, 7) is 6.27. The first kappa shape index (κ1) is 17.0. The third-order valence-electron chi connectivity index (χ3n) is 4.08. The van der Waals surface area contributed by atoms with Crippen LogP contribution in [0.25, 0.3) is 0 Å². The van der Waals surface area contributed by atoms with Gasteiger partial charge >= 0.3 is 0 Å². The largest absolute Gasteiger partial charge is 0.309 e. The van der Waals surface area contributed by atoms with Gasteiger partial charge in [0.05, 0.1) is 5.02 Å². The molecule has 2 nitrogen and oxygen atoms in total. The van der Waals surface area contributed by atoms with Crippen LogP contribution in [-0.2, 0) is 0 Å². The zero-order valence-corrected chi connectivity index (χ0v) is 14.0. The SMILES string of the molecule is CC(NCCN1CCCCCC1)c1cc(F)c(Cl)cc1Cl.